The van der Waals surface area contributed by atoms with Gasteiger partial charge in [0.1, 0.15) is 0 Å². The minimum absolute atomic E-state index is 0.335. The Morgan fingerprint density at radius 1 is 1.58 bits per heavy atom. The fourth-order valence-electron chi connectivity index (χ4n) is 1.01. The maximum absolute atomic E-state index is 10.9. The monoisotopic (exact) mass is 174 g/mol. The standard InChI is InChI=1S/C9H18O3/c1-4-5-6-8(10)7(2)9(11)12-3/h7-8,10H,4-6H2,1-3H3. The quantitative estimate of drug-likeness (QED) is 0.640. The van der Waals surface area contributed by atoms with Gasteiger partial charge in [-0.1, -0.05) is 19.8 Å². The average molecular weight is 174 g/mol. The second-order valence-electron chi connectivity index (χ2n) is 3.02. The summed E-state index contributed by atoms with van der Waals surface area (Å²) in [5.41, 5.74) is 0. The Labute approximate surface area is 73.7 Å². The van der Waals surface area contributed by atoms with Crippen molar-refractivity contribution >= 4 is 5.97 Å². The molecule has 0 aromatic carbocycles. The first-order chi connectivity index (χ1) is 5.63. The van der Waals surface area contributed by atoms with Crippen LogP contribution in [0.2, 0.25) is 0 Å². The maximum Gasteiger partial charge on any atom is 0.311 e. The number of methoxy groups -OCH3 is 1. The molecular weight excluding hydrogens is 156 g/mol. The predicted molar refractivity (Wildman–Crippen MR) is 46.7 cm³/mol. The Balaban J connectivity index is 3.75. The molecule has 0 aliphatic carbocycles. The van der Waals surface area contributed by atoms with Gasteiger partial charge in [-0.15, -0.1) is 0 Å². The maximum atomic E-state index is 10.9. The highest BCUT2D eigenvalue weighted by molar-refractivity contribution is 5.72. The summed E-state index contributed by atoms with van der Waals surface area (Å²) in [4.78, 5) is 10.9. The van der Waals surface area contributed by atoms with Crippen LogP contribution >= 0.6 is 0 Å². The second kappa shape index (κ2) is 6.00. The minimum atomic E-state index is -0.558. The molecule has 0 aliphatic rings. The van der Waals surface area contributed by atoms with Gasteiger partial charge in [-0.3, -0.25) is 4.79 Å². The fraction of sp³-hybridized carbons (Fsp3) is 0.889. The Morgan fingerprint density at radius 3 is 2.58 bits per heavy atom. The van der Waals surface area contributed by atoms with Crippen LogP contribution < -0.4 is 0 Å². The largest absolute Gasteiger partial charge is 0.469 e. The number of ether oxygens (including phenoxy) is 1. The Bertz CT molecular complexity index is 134. The predicted octanol–water partition coefficient (Wildman–Crippen LogP) is 1.35. The number of carbonyl (C=O) groups is 1. The van der Waals surface area contributed by atoms with E-state index in [9.17, 15) is 9.90 Å². The smallest absolute Gasteiger partial charge is 0.311 e. The summed E-state index contributed by atoms with van der Waals surface area (Å²) in [5, 5.41) is 9.45. The topological polar surface area (TPSA) is 46.5 Å². The molecule has 0 aromatic heterocycles. The number of rotatable bonds is 5. The van der Waals surface area contributed by atoms with Crippen LogP contribution in [-0.4, -0.2) is 24.3 Å². The van der Waals surface area contributed by atoms with E-state index in [0.29, 0.717) is 6.42 Å². The van der Waals surface area contributed by atoms with E-state index in [1.165, 1.54) is 7.11 Å². The van der Waals surface area contributed by atoms with Crippen molar-refractivity contribution in [2.75, 3.05) is 7.11 Å². The van der Waals surface area contributed by atoms with E-state index in [1.54, 1.807) is 6.92 Å². The number of unbranched alkanes of at least 4 members (excludes halogenated alkanes) is 1. The molecule has 12 heavy (non-hydrogen) atoms. The van der Waals surface area contributed by atoms with E-state index in [-0.39, 0.29) is 5.97 Å². The van der Waals surface area contributed by atoms with Crippen LogP contribution in [0, 0.1) is 5.92 Å². The van der Waals surface area contributed by atoms with Gasteiger partial charge in [0.25, 0.3) is 0 Å². The number of hydrogen-bond donors (Lipinski definition) is 1. The molecular formula is C9H18O3. The lowest BCUT2D eigenvalue weighted by molar-refractivity contribution is -0.148. The van der Waals surface area contributed by atoms with Gasteiger partial charge in [0, 0.05) is 0 Å². The molecule has 0 heterocycles. The van der Waals surface area contributed by atoms with Crippen molar-refractivity contribution < 1.29 is 14.6 Å². The molecule has 0 fully saturated rings. The van der Waals surface area contributed by atoms with Crippen molar-refractivity contribution in [1.82, 2.24) is 0 Å². The van der Waals surface area contributed by atoms with Crippen LogP contribution in [0.3, 0.4) is 0 Å². The van der Waals surface area contributed by atoms with E-state index in [0.717, 1.165) is 12.8 Å². The molecule has 2 atom stereocenters. The fourth-order valence-corrected chi connectivity index (χ4v) is 1.01. The van der Waals surface area contributed by atoms with E-state index in [4.69, 9.17) is 0 Å². The van der Waals surface area contributed by atoms with Crippen molar-refractivity contribution in [3.63, 3.8) is 0 Å². The first kappa shape index (κ1) is 11.4. The lowest BCUT2D eigenvalue weighted by atomic mass is 10.00. The lowest BCUT2D eigenvalue weighted by Gasteiger charge is -2.15. The molecule has 0 radical (unpaired) electrons. The van der Waals surface area contributed by atoms with Gasteiger partial charge in [0.15, 0.2) is 0 Å². The average Bonchev–Trinajstić information content (AvgIpc) is 2.11. The Kier molecular flexibility index (Phi) is 5.72. The third-order valence-electron chi connectivity index (χ3n) is 2.00. The molecule has 0 aliphatic heterocycles. The number of hydrogen-bond acceptors (Lipinski definition) is 3. The molecule has 72 valence electrons. The summed E-state index contributed by atoms with van der Waals surface area (Å²) in [5.74, 6) is -0.736. The minimum Gasteiger partial charge on any atom is -0.469 e. The highest BCUT2D eigenvalue weighted by atomic mass is 16.5. The summed E-state index contributed by atoms with van der Waals surface area (Å²) in [6.07, 6.45) is 2.10. The van der Waals surface area contributed by atoms with E-state index in [2.05, 4.69) is 11.7 Å². The molecule has 2 unspecified atom stereocenters. The summed E-state index contributed by atoms with van der Waals surface area (Å²) in [6, 6.07) is 0. The molecule has 0 saturated carbocycles. The van der Waals surface area contributed by atoms with Gasteiger partial charge in [-0.25, -0.2) is 0 Å². The first-order valence-electron chi connectivity index (χ1n) is 4.39. The van der Waals surface area contributed by atoms with Gasteiger partial charge in [-0.2, -0.15) is 0 Å². The highest BCUT2D eigenvalue weighted by Gasteiger charge is 2.21. The zero-order chi connectivity index (χ0) is 9.56. The van der Waals surface area contributed by atoms with E-state index >= 15 is 0 Å². The molecule has 0 spiro atoms. The number of esters is 1. The van der Waals surface area contributed by atoms with E-state index < -0.39 is 12.0 Å². The van der Waals surface area contributed by atoms with Crippen LogP contribution in [-0.2, 0) is 9.53 Å². The van der Waals surface area contributed by atoms with Gasteiger partial charge in [0.05, 0.1) is 19.1 Å². The number of carbonyl (C=O) groups excluding carboxylic acids is 1. The number of aliphatic hydroxyl groups is 1. The number of aliphatic hydroxyl groups excluding tert-OH is 1. The third-order valence-corrected chi connectivity index (χ3v) is 2.00. The molecule has 0 aromatic rings. The van der Waals surface area contributed by atoms with Gasteiger partial charge in [-0.05, 0) is 13.3 Å². The highest BCUT2D eigenvalue weighted by Crippen LogP contribution is 2.11. The van der Waals surface area contributed by atoms with Crippen LogP contribution in [0.15, 0.2) is 0 Å². The molecule has 3 nitrogen and oxygen atoms in total. The van der Waals surface area contributed by atoms with Crippen LogP contribution in [0.25, 0.3) is 0 Å². The normalized spacial score (nSPS) is 15.3. The Hall–Kier alpha value is -0.570. The molecule has 3 heteroatoms. The second-order valence-corrected chi connectivity index (χ2v) is 3.02. The zero-order valence-electron chi connectivity index (χ0n) is 8.04. The van der Waals surface area contributed by atoms with Crippen molar-refractivity contribution in [3.05, 3.63) is 0 Å². The molecule has 1 N–H and O–H groups in total. The summed E-state index contributed by atoms with van der Waals surface area (Å²) in [6.45, 7) is 3.74. The summed E-state index contributed by atoms with van der Waals surface area (Å²) in [7, 11) is 1.34. The van der Waals surface area contributed by atoms with Crippen LogP contribution in [0.5, 0.6) is 0 Å². The SMILES string of the molecule is CCCCC(O)C(C)C(=O)OC. The first-order valence-corrected chi connectivity index (χ1v) is 4.39. The molecule has 0 amide bonds. The van der Waals surface area contributed by atoms with Crippen LogP contribution in [0.4, 0.5) is 0 Å². The third kappa shape index (κ3) is 3.72. The zero-order valence-corrected chi connectivity index (χ0v) is 8.04. The van der Waals surface area contributed by atoms with Crippen molar-refractivity contribution in [2.24, 2.45) is 5.92 Å². The van der Waals surface area contributed by atoms with Crippen LogP contribution in [0.1, 0.15) is 33.1 Å². The Morgan fingerprint density at radius 2 is 2.17 bits per heavy atom. The molecule has 0 saturated heterocycles. The molecule has 0 bridgehead atoms. The van der Waals surface area contributed by atoms with Crippen molar-refractivity contribution in [1.29, 1.82) is 0 Å². The summed E-state index contributed by atoms with van der Waals surface area (Å²) >= 11 is 0. The molecule has 0 rings (SSSR count). The van der Waals surface area contributed by atoms with Gasteiger partial charge in [0.2, 0.25) is 0 Å². The van der Waals surface area contributed by atoms with Crippen molar-refractivity contribution in [2.45, 2.75) is 39.2 Å². The van der Waals surface area contributed by atoms with Gasteiger partial charge >= 0.3 is 5.97 Å². The van der Waals surface area contributed by atoms with Crippen molar-refractivity contribution in [3.8, 4) is 0 Å². The lowest BCUT2D eigenvalue weighted by Crippen LogP contribution is -2.26. The van der Waals surface area contributed by atoms with E-state index in [1.807, 2.05) is 0 Å². The van der Waals surface area contributed by atoms with Gasteiger partial charge < -0.3 is 9.84 Å². The summed E-state index contributed by atoms with van der Waals surface area (Å²) < 4.78 is 4.51.